The molecule has 0 amide bonds. The molecule has 0 bridgehead atoms. The molecule has 0 unspecified atom stereocenters. The number of hydrogen-bond acceptors (Lipinski definition) is 3. The fraction of sp³-hybridized carbons (Fsp3) is 0.0909. The lowest BCUT2D eigenvalue weighted by molar-refractivity contribution is -0.400. The van der Waals surface area contributed by atoms with Gasteiger partial charge in [0.25, 0.3) is 0 Å². The SMILES string of the molecule is COc1c(F)ccn2ccc(/C=C/[N+](=O)[O-])c12. The molecule has 0 aliphatic rings. The molecule has 88 valence electrons. The number of hydrogen-bond donors (Lipinski definition) is 0. The maximum atomic E-state index is 13.5. The molecule has 6 heteroatoms. The highest BCUT2D eigenvalue weighted by Gasteiger charge is 2.11. The van der Waals surface area contributed by atoms with Gasteiger partial charge in [0.05, 0.1) is 17.5 Å². The smallest absolute Gasteiger partial charge is 0.235 e. The van der Waals surface area contributed by atoms with Gasteiger partial charge in [-0.1, -0.05) is 0 Å². The summed E-state index contributed by atoms with van der Waals surface area (Å²) in [5.74, 6) is -0.435. The minimum atomic E-state index is -0.574. The molecular formula is C11H9FN2O3. The zero-order valence-electron chi connectivity index (χ0n) is 8.96. The molecule has 0 aromatic carbocycles. The highest BCUT2D eigenvalue weighted by Crippen LogP contribution is 2.28. The van der Waals surface area contributed by atoms with Gasteiger partial charge in [0, 0.05) is 24.0 Å². The largest absolute Gasteiger partial charge is 0.492 e. The summed E-state index contributed by atoms with van der Waals surface area (Å²) in [5, 5.41) is 10.3. The van der Waals surface area contributed by atoms with Gasteiger partial charge >= 0.3 is 0 Å². The quantitative estimate of drug-likeness (QED) is 0.607. The van der Waals surface area contributed by atoms with Crippen molar-refractivity contribution in [1.82, 2.24) is 4.40 Å². The van der Waals surface area contributed by atoms with Crippen LogP contribution in [-0.4, -0.2) is 16.4 Å². The number of nitro groups is 1. The fourth-order valence-electron chi connectivity index (χ4n) is 1.64. The van der Waals surface area contributed by atoms with E-state index < -0.39 is 10.7 Å². The van der Waals surface area contributed by atoms with Gasteiger partial charge in [-0.15, -0.1) is 0 Å². The Labute approximate surface area is 95.9 Å². The van der Waals surface area contributed by atoms with Crippen molar-refractivity contribution in [2.24, 2.45) is 0 Å². The van der Waals surface area contributed by atoms with Crippen LogP contribution < -0.4 is 4.74 Å². The van der Waals surface area contributed by atoms with E-state index in [1.807, 2.05) is 0 Å². The molecular weight excluding hydrogens is 227 g/mol. The van der Waals surface area contributed by atoms with Crippen molar-refractivity contribution in [3.63, 3.8) is 0 Å². The number of fused-ring (bicyclic) bond motifs is 1. The lowest BCUT2D eigenvalue weighted by atomic mass is 10.2. The Morgan fingerprint density at radius 1 is 1.47 bits per heavy atom. The summed E-state index contributed by atoms with van der Waals surface area (Å²) < 4.78 is 20.1. The first-order valence-corrected chi connectivity index (χ1v) is 4.78. The third kappa shape index (κ3) is 1.96. The molecule has 17 heavy (non-hydrogen) atoms. The van der Waals surface area contributed by atoms with E-state index in [1.165, 1.54) is 25.4 Å². The highest BCUT2D eigenvalue weighted by atomic mass is 19.1. The van der Waals surface area contributed by atoms with Crippen molar-refractivity contribution >= 4 is 11.6 Å². The van der Waals surface area contributed by atoms with Gasteiger partial charge in [-0.2, -0.15) is 0 Å². The Bertz CT molecular complexity index is 604. The minimum Gasteiger partial charge on any atom is -0.492 e. The molecule has 0 radical (unpaired) electrons. The van der Waals surface area contributed by atoms with E-state index in [2.05, 4.69) is 0 Å². The monoisotopic (exact) mass is 236 g/mol. The van der Waals surface area contributed by atoms with Crippen LogP contribution in [0.15, 0.2) is 30.7 Å². The van der Waals surface area contributed by atoms with E-state index in [0.29, 0.717) is 11.1 Å². The maximum Gasteiger partial charge on any atom is 0.235 e. The van der Waals surface area contributed by atoms with Gasteiger partial charge in [-0.25, -0.2) is 4.39 Å². The van der Waals surface area contributed by atoms with Crippen molar-refractivity contribution in [2.75, 3.05) is 7.11 Å². The first-order valence-electron chi connectivity index (χ1n) is 4.78. The lowest BCUT2D eigenvalue weighted by Gasteiger charge is -2.05. The van der Waals surface area contributed by atoms with Crippen molar-refractivity contribution in [3.05, 3.63) is 52.2 Å². The predicted molar refractivity (Wildman–Crippen MR) is 59.9 cm³/mol. The molecule has 0 saturated heterocycles. The Balaban J connectivity index is 2.65. The van der Waals surface area contributed by atoms with E-state index in [4.69, 9.17) is 4.74 Å². The molecule has 0 N–H and O–H groups in total. The van der Waals surface area contributed by atoms with Crippen molar-refractivity contribution in [2.45, 2.75) is 0 Å². The van der Waals surface area contributed by atoms with Gasteiger partial charge in [-0.3, -0.25) is 10.1 Å². The lowest BCUT2D eigenvalue weighted by Crippen LogP contribution is -1.93. The average molecular weight is 236 g/mol. The molecule has 0 aliphatic heterocycles. The summed E-state index contributed by atoms with van der Waals surface area (Å²) in [6.45, 7) is 0. The third-order valence-corrected chi connectivity index (χ3v) is 2.34. The number of ether oxygens (including phenoxy) is 1. The Morgan fingerprint density at radius 2 is 2.18 bits per heavy atom. The zero-order chi connectivity index (χ0) is 12.4. The summed E-state index contributed by atoms with van der Waals surface area (Å²) in [6, 6.07) is 2.92. The van der Waals surface area contributed by atoms with Crippen LogP contribution in [0.4, 0.5) is 4.39 Å². The number of pyridine rings is 1. The summed E-state index contributed by atoms with van der Waals surface area (Å²) in [7, 11) is 1.35. The van der Waals surface area contributed by atoms with Crippen molar-refractivity contribution in [1.29, 1.82) is 0 Å². The van der Waals surface area contributed by atoms with E-state index in [9.17, 15) is 14.5 Å². The maximum absolute atomic E-state index is 13.5. The van der Waals surface area contributed by atoms with Gasteiger partial charge in [0.1, 0.15) is 0 Å². The second kappa shape index (κ2) is 4.25. The molecule has 0 aliphatic carbocycles. The van der Waals surface area contributed by atoms with Gasteiger partial charge in [-0.05, 0) is 12.1 Å². The predicted octanol–water partition coefficient (Wildman–Crippen LogP) is 2.33. The summed E-state index contributed by atoms with van der Waals surface area (Å²) >= 11 is 0. The van der Waals surface area contributed by atoms with Crippen LogP contribution >= 0.6 is 0 Å². The summed E-state index contributed by atoms with van der Waals surface area (Å²) in [5.41, 5.74) is 0.989. The number of rotatable bonds is 3. The number of aromatic nitrogens is 1. The average Bonchev–Trinajstić information content (AvgIpc) is 2.69. The van der Waals surface area contributed by atoms with E-state index in [1.54, 1.807) is 16.7 Å². The van der Waals surface area contributed by atoms with E-state index in [-0.39, 0.29) is 5.75 Å². The first-order chi connectivity index (χ1) is 8.13. The fourth-order valence-corrected chi connectivity index (χ4v) is 1.64. The topological polar surface area (TPSA) is 56.8 Å². The van der Waals surface area contributed by atoms with Crippen LogP contribution in [0.2, 0.25) is 0 Å². The summed E-state index contributed by atoms with van der Waals surface area (Å²) in [6.07, 6.45) is 5.31. The minimum absolute atomic E-state index is 0.0699. The van der Waals surface area contributed by atoms with E-state index >= 15 is 0 Å². The van der Waals surface area contributed by atoms with Crippen LogP contribution in [0.25, 0.3) is 11.6 Å². The summed E-state index contributed by atoms with van der Waals surface area (Å²) in [4.78, 5) is 9.68. The normalized spacial score (nSPS) is 11.2. The second-order valence-corrected chi connectivity index (χ2v) is 3.32. The van der Waals surface area contributed by atoms with Crippen LogP contribution in [0.3, 0.4) is 0 Å². The van der Waals surface area contributed by atoms with E-state index in [0.717, 1.165) is 6.20 Å². The number of halogens is 1. The number of nitrogens with zero attached hydrogens (tertiary/aromatic N) is 2. The molecule has 2 aromatic heterocycles. The molecule has 2 aromatic rings. The second-order valence-electron chi connectivity index (χ2n) is 3.32. The standard InChI is InChI=1S/C11H9FN2O3/c1-17-11-9(12)4-6-13-5-2-8(10(11)13)3-7-14(15)16/h2-7H,1H3/b7-3+. The Morgan fingerprint density at radius 3 is 2.82 bits per heavy atom. The zero-order valence-corrected chi connectivity index (χ0v) is 8.96. The molecule has 0 atom stereocenters. The molecule has 0 fully saturated rings. The molecule has 0 saturated carbocycles. The molecule has 0 spiro atoms. The van der Waals surface area contributed by atoms with Crippen LogP contribution in [0, 0.1) is 15.9 Å². The molecule has 2 rings (SSSR count). The van der Waals surface area contributed by atoms with Gasteiger partial charge in [0.15, 0.2) is 11.6 Å². The molecule has 5 nitrogen and oxygen atoms in total. The van der Waals surface area contributed by atoms with Crippen LogP contribution in [0.1, 0.15) is 5.56 Å². The van der Waals surface area contributed by atoms with Gasteiger partial charge < -0.3 is 9.14 Å². The van der Waals surface area contributed by atoms with Crippen molar-refractivity contribution < 1.29 is 14.1 Å². The van der Waals surface area contributed by atoms with Crippen LogP contribution in [0.5, 0.6) is 5.75 Å². The number of methoxy groups -OCH3 is 1. The third-order valence-electron chi connectivity index (χ3n) is 2.34. The van der Waals surface area contributed by atoms with Crippen molar-refractivity contribution in [3.8, 4) is 5.75 Å². The first kappa shape index (κ1) is 11.1. The van der Waals surface area contributed by atoms with Gasteiger partial charge in [0.2, 0.25) is 6.20 Å². The molecule has 2 heterocycles. The highest BCUT2D eigenvalue weighted by molar-refractivity contribution is 5.76. The van der Waals surface area contributed by atoms with Crippen LogP contribution in [-0.2, 0) is 0 Å². The Kier molecular flexibility index (Phi) is 2.78. The Hall–Kier alpha value is -2.37.